The summed E-state index contributed by atoms with van der Waals surface area (Å²) >= 11 is 0. The van der Waals surface area contributed by atoms with Gasteiger partial charge in [-0.1, -0.05) is 19.1 Å². The normalized spacial score (nSPS) is 17.0. The SMILES string of the molecule is COc1cccc(CCNc2ncc(C(=O)N3CCCC(C)C3)cn2)c1. The topological polar surface area (TPSA) is 67.3 Å². The maximum atomic E-state index is 12.5. The third kappa shape index (κ3) is 4.71. The van der Waals surface area contributed by atoms with E-state index in [9.17, 15) is 4.79 Å². The molecule has 1 aliphatic heterocycles. The zero-order valence-corrected chi connectivity index (χ0v) is 15.4. The molecule has 26 heavy (non-hydrogen) atoms. The number of amides is 1. The van der Waals surface area contributed by atoms with Gasteiger partial charge in [-0.05, 0) is 42.9 Å². The Balaban J connectivity index is 1.51. The first-order valence-corrected chi connectivity index (χ1v) is 9.14. The largest absolute Gasteiger partial charge is 0.497 e. The van der Waals surface area contributed by atoms with Crippen LogP contribution in [0.5, 0.6) is 5.75 Å². The monoisotopic (exact) mass is 354 g/mol. The number of anilines is 1. The highest BCUT2D eigenvalue weighted by molar-refractivity contribution is 5.93. The molecule has 0 radical (unpaired) electrons. The van der Waals surface area contributed by atoms with Gasteiger partial charge in [0.1, 0.15) is 5.75 Å². The van der Waals surface area contributed by atoms with E-state index >= 15 is 0 Å². The number of ether oxygens (including phenoxy) is 1. The predicted molar refractivity (Wildman–Crippen MR) is 102 cm³/mol. The van der Waals surface area contributed by atoms with Crippen molar-refractivity contribution in [2.24, 2.45) is 5.92 Å². The van der Waals surface area contributed by atoms with Gasteiger partial charge in [0.25, 0.3) is 5.91 Å². The molecular formula is C20H26N4O2. The Morgan fingerprint density at radius 1 is 1.35 bits per heavy atom. The van der Waals surface area contributed by atoms with Gasteiger partial charge in [0.05, 0.1) is 12.7 Å². The lowest BCUT2D eigenvalue weighted by molar-refractivity contribution is 0.0682. The molecule has 1 atom stereocenters. The van der Waals surface area contributed by atoms with Gasteiger partial charge < -0.3 is 15.0 Å². The summed E-state index contributed by atoms with van der Waals surface area (Å²) in [6, 6.07) is 7.99. The number of likely N-dealkylation sites (tertiary alicyclic amines) is 1. The van der Waals surface area contributed by atoms with Crippen molar-refractivity contribution in [3.8, 4) is 5.75 Å². The van der Waals surface area contributed by atoms with Crippen molar-refractivity contribution in [3.63, 3.8) is 0 Å². The molecule has 1 unspecified atom stereocenters. The summed E-state index contributed by atoms with van der Waals surface area (Å²) in [6.45, 7) is 4.54. The second-order valence-electron chi connectivity index (χ2n) is 6.82. The van der Waals surface area contributed by atoms with Crippen LogP contribution in [0.25, 0.3) is 0 Å². The summed E-state index contributed by atoms with van der Waals surface area (Å²) in [5.74, 6) is 1.98. The molecule has 1 aliphatic rings. The number of carbonyl (C=O) groups excluding carboxylic acids is 1. The number of hydrogen-bond donors (Lipinski definition) is 1. The van der Waals surface area contributed by atoms with Crippen LogP contribution in [0.15, 0.2) is 36.7 Å². The molecule has 0 bridgehead atoms. The Hall–Kier alpha value is -2.63. The lowest BCUT2D eigenvalue weighted by Gasteiger charge is -2.30. The Morgan fingerprint density at radius 3 is 2.88 bits per heavy atom. The Morgan fingerprint density at radius 2 is 2.15 bits per heavy atom. The molecule has 6 heteroatoms. The van der Waals surface area contributed by atoms with Crippen LogP contribution in [0.3, 0.4) is 0 Å². The van der Waals surface area contributed by atoms with Gasteiger partial charge in [-0.25, -0.2) is 9.97 Å². The summed E-state index contributed by atoms with van der Waals surface area (Å²) < 4.78 is 5.23. The van der Waals surface area contributed by atoms with Crippen molar-refractivity contribution in [2.75, 3.05) is 32.1 Å². The van der Waals surface area contributed by atoms with Crippen molar-refractivity contribution >= 4 is 11.9 Å². The van der Waals surface area contributed by atoms with Gasteiger partial charge in [-0.2, -0.15) is 0 Å². The van der Waals surface area contributed by atoms with E-state index in [0.29, 0.717) is 24.0 Å². The van der Waals surface area contributed by atoms with Crippen LogP contribution in [0.2, 0.25) is 0 Å². The Labute approximate surface area is 154 Å². The molecule has 1 saturated heterocycles. The Kier molecular flexibility index (Phi) is 6.04. The quantitative estimate of drug-likeness (QED) is 0.864. The molecule has 2 heterocycles. The standard InChI is InChI=1S/C20H26N4O2/c1-15-5-4-10-24(14-15)19(25)17-12-22-20(23-13-17)21-9-8-16-6-3-7-18(11-16)26-2/h3,6-7,11-13,15H,4-5,8-10,14H2,1-2H3,(H,21,22,23). The van der Waals surface area contributed by atoms with Crippen molar-refractivity contribution < 1.29 is 9.53 Å². The van der Waals surface area contributed by atoms with E-state index < -0.39 is 0 Å². The third-order valence-corrected chi connectivity index (χ3v) is 4.67. The van der Waals surface area contributed by atoms with E-state index in [2.05, 4.69) is 28.3 Å². The lowest BCUT2D eigenvalue weighted by Crippen LogP contribution is -2.39. The number of methoxy groups -OCH3 is 1. The number of piperidine rings is 1. The summed E-state index contributed by atoms with van der Waals surface area (Å²) in [6.07, 6.45) is 6.33. The number of aromatic nitrogens is 2. The molecule has 138 valence electrons. The molecular weight excluding hydrogens is 328 g/mol. The molecule has 0 spiro atoms. The smallest absolute Gasteiger partial charge is 0.257 e. The molecule has 1 fully saturated rings. The molecule has 1 aromatic heterocycles. The summed E-state index contributed by atoms with van der Waals surface area (Å²) in [5.41, 5.74) is 1.74. The second kappa shape index (κ2) is 8.65. The second-order valence-corrected chi connectivity index (χ2v) is 6.82. The molecule has 3 rings (SSSR count). The summed E-state index contributed by atoms with van der Waals surface area (Å²) in [5, 5.41) is 3.20. The Bertz CT molecular complexity index is 733. The average Bonchev–Trinajstić information content (AvgIpc) is 2.68. The lowest BCUT2D eigenvalue weighted by atomic mass is 10.00. The maximum absolute atomic E-state index is 12.5. The highest BCUT2D eigenvalue weighted by Gasteiger charge is 2.22. The number of nitrogens with zero attached hydrogens (tertiary/aromatic N) is 3. The average molecular weight is 354 g/mol. The first-order chi connectivity index (χ1) is 12.7. The molecule has 0 aliphatic carbocycles. The van der Waals surface area contributed by atoms with Crippen molar-refractivity contribution in [2.45, 2.75) is 26.2 Å². The first kappa shape index (κ1) is 18.2. The zero-order valence-electron chi connectivity index (χ0n) is 15.4. The van der Waals surface area contributed by atoms with Crippen LogP contribution in [0.4, 0.5) is 5.95 Å². The molecule has 0 saturated carbocycles. The van der Waals surface area contributed by atoms with Crippen LogP contribution in [0, 0.1) is 5.92 Å². The summed E-state index contributed by atoms with van der Waals surface area (Å²) in [7, 11) is 1.67. The van der Waals surface area contributed by atoms with Gasteiger partial charge in [0.2, 0.25) is 5.95 Å². The fraction of sp³-hybridized carbons (Fsp3) is 0.450. The predicted octanol–water partition coefficient (Wildman–Crippen LogP) is 3.01. The fourth-order valence-electron chi connectivity index (χ4n) is 3.23. The molecule has 6 nitrogen and oxygen atoms in total. The van der Waals surface area contributed by atoms with E-state index in [1.165, 1.54) is 12.0 Å². The van der Waals surface area contributed by atoms with Gasteiger partial charge in [-0.15, -0.1) is 0 Å². The number of benzene rings is 1. The van der Waals surface area contributed by atoms with E-state index in [1.54, 1.807) is 19.5 Å². The number of nitrogens with one attached hydrogen (secondary N) is 1. The first-order valence-electron chi connectivity index (χ1n) is 9.14. The number of carbonyl (C=O) groups is 1. The zero-order chi connectivity index (χ0) is 18.4. The highest BCUT2D eigenvalue weighted by atomic mass is 16.5. The van der Waals surface area contributed by atoms with Crippen LogP contribution >= 0.6 is 0 Å². The van der Waals surface area contributed by atoms with Crippen LogP contribution in [-0.4, -0.2) is 47.5 Å². The van der Waals surface area contributed by atoms with Crippen LogP contribution < -0.4 is 10.1 Å². The van der Waals surface area contributed by atoms with Crippen LogP contribution in [0.1, 0.15) is 35.7 Å². The van der Waals surface area contributed by atoms with E-state index in [4.69, 9.17) is 4.74 Å². The van der Waals surface area contributed by atoms with Crippen LogP contribution in [-0.2, 0) is 6.42 Å². The fourth-order valence-corrected chi connectivity index (χ4v) is 3.23. The van der Waals surface area contributed by atoms with Gasteiger partial charge in [0.15, 0.2) is 0 Å². The van der Waals surface area contributed by atoms with E-state index in [0.717, 1.165) is 31.7 Å². The van der Waals surface area contributed by atoms with Gasteiger partial charge >= 0.3 is 0 Å². The minimum absolute atomic E-state index is 0.0273. The van der Waals surface area contributed by atoms with E-state index in [-0.39, 0.29) is 5.91 Å². The summed E-state index contributed by atoms with van der Waals surface area (Å²) in [4.78, 5) is 23.0. The molecule has 1 aromatic carbocycles. The van der Waals surface area contributed by atoms with Gasteiger partial charge in [-0.3, -0.25) is 4.79 Å². The van der Waals surface area contributed by atoms with Crippen molar-refractivity contribution in [1.29, 1.82) is 0 Å². The third-order valence-electron chi connectivity index (χ3n) is 4.67. The maximum Gasteiger partial charge on any atom is 0.257 e. The molecule has 1 amide bonds. The molecule has 1 N–H and O–H groups in total. The molecule has 2 aromatic rings. The number of hydrogen-bond acceptors (Lipinski definition) is 5. The minimum Gasteiger partial charge on any atom is -0.497 e. The highest BCUT2D eigenvalue weighted by Crippen LogP contribution is 2.18. The van der Waals surface area contributed by atoms with Gasteiger partial charge in [0, 0.05) is 32.0 Å². The number of rotatable bonds is 6. The van der Waals surface area contributed by atoms with Crippen molar-refractivity contribution in [3.05, 3.63) is 47.8 Å². The minimum atomic E-state index is 0.0273. The van der Waals surface area contributed by atoms with E-state index in [1.807, 2.05) is 23.1 Å². The van der Waals surface area contributed by atoms with Crippen molar-refractivity contribution in [1.82, 2.24) is 14.9 Å².